The van der Waals surface area contributed by atoms with E-state index in [0.717, 1.165) is 32.1 Å². The molecule has 1 aromatic heterocycles. The molecule has 1 aliphatic rings. The topological polar surface area (TPSA) is 84.2 Å². The number of rotatable bonds is 6. The Labute approximate surface area is 137 Å². The molecule has 2 N–H and O–H groups in total. The van der Waals surface area contributed by atoms with Crippen LogP contribution in [0.4, 0.5) is 0 Å². The largest absolute Gasteiger partial charge is 0.480 e. The van der Waals surface area contributed by atoms with E-state index in [2.05, 4.69) is 31.2 Å². The number of amides is 1. The van der Waals surface area contributed by atoms with Crippen LogP contribution in [0.15, 0.2) is 12.3 Å². The molecule has 1 unspecified atom stereocenters. The highest BCUT2D eigenvalue weighted by atomic mass is 16.4. The van der Waals surface area contributed by atoms with Crippen molar-refractivity contribution in [3.63, 3.8) is 0 Å². The quantitative estimate of drug-likeness (QED) is 0.843. The van der Waals surface area contributed by atoms with Gasteiger partial charge in [0, 0.05) is 6.20 Å². The van der Waals surface area contributed by atoms with E-state index >= 15 is 0 Å². The maximum atomic E-state index is 12.5. The molecule has 0 aromatic carbocycles. The van der Waals surface area contributed by atoms with E-state index in [0.29, 0.717) is 12.1 Å². The number of carbonyl (C=O) groups excluding carboxylic acids is 1. The number of hydrogen-bond acceptors (Lipinski definition) is 3. The SMILES string of the molecule is CC(C)(C)CCC(NC(=O)c1ccnn1C1CCCC1)C(=O)O. The summed E-state index contributed by atoms with van der Waals surface area (Å²) in [5.41, 5.74) is 0.489. The maximum absolute atomic E-state index is 12.5. The lowest BCUT2D eigenvalue weighted by atomic mass is 9.88. The molecule has 2 rings (SSSR count). The zero-order valence-electron chi connectivity index (χ0n) is 14.2. The Hall–Kier alpha value is -1.85. The summed E-state index contributed by atoms with van der Waals surface area (Å²) < 4.78 is 1.75. The van der Waals surface area contributed by atoms with Crippen LogP contribution in [0.1, 0.15) is 75.8 Å². The fourth-order valence-corrected chi connectivity index (χ4v) is 3.00. The predicted molar refractivity (Wildman–Crippen MR) is 87.3 cm³/mol. The number of nitrogens with one attached hydrogen (secondary N) is 1. The van der Waals surface area contributed by atoms with Crippen LogP contribution in [0.2, 0.25) is 0 Å². The molecule has 1 saturated carbocycles. The third-order valence-corrected chi connectivity index (χ3v) is 4.36. The van der Waals surface area contributed by atoms with Crippen molar-refractivity contribution < 1.29 is 14.7 Å². The first-order chi connectivity index (χ1) is 10.8. The maximum Gasteiger partial charge on any atom is 0.326 e. The first kappa shape index (κ1) is 17.5. The highest BCUT2D eigenvalue weighted by Crippen LogP contribution is 2.29. The van der Waals surface area contributed by atoms with Crippen LogP contribution < -0.4 is 5.32 Å². The number of carbonyl (C=O) groups is 2. The molecular weight excluding hydrogens is 294 g/mol. The number of nitrogens with zero attached hydrogens (tertiary/aromatic N) is 2. The van der Waals surface area contributed by atoms with Gasteiger partial charge in [-0.15, -0.1) is 0 Å². The molecule has 1 amide bonds. The summed E-state index contributed by atoms with van der Waals surface area (Å²) in [5.74, 6) is -1.34. The summed E-state index contributed by atoms with van der Waals surface area (Å²) in [7, 11) is 0. The van der Waals surface area contributed by atoms with Crippen molar-refractivity contribution in [1.29, 1.82) is 0 Å². The summed E-state index contributed by atoms with van der Waals surface area (Å²) in [5, 5.41) is 16.3. The van der Waals surface area contributed by atoms with Crippen LogP contribution >= 0.6 is 0 Å². The molecule has 128 valence electrons. The fraction of sp³-hybridized carbons (Fsp3) is 0.706. The van der Waals surface area contributed by atoms with Crippen molar-refractivity contribution in [3.05, 3.63) is 18.0 Å². The van der Waals surface area contributed by atoms with Gasteiger partial charge in [0.25, 0.3) is 5.91 Å². The normalized spacial score (nSPS) is 17.2. The zero-order chi connectivity index (χ0) is 17.0. The van der Waals surface area contributed by atoms with Gasteiger partial charge < -0.3 is 10.4 Å². The number of carboxylic acids is 1. The lowest BCUT2D eigenvalue weighted by Gasteiger charge is -2.22. The van der Waals surface area contributed by atoms with Gasteiger partial charge in [0.2, 0.25) is 0 Å². The smallest absolute Gasteiger partial charge is 0.326 e. The Morgan fingerprint density at radius 2 is 2.04 bits per heavy atom. The van der Waals surface area contributed by atoms with Crippen LogP contribution in [-0.4, -0.2) is 32.8 Å². The first-order valence-electron chi connectivity index (χ1n) is 8.35. The molecule has 0 aliphatic heterocycles. The first-order valence-corrected chi connectivity index (χ1v) is 8.35. The number of aromatic nitrogens is 2. The second-order valence-corrected chi connectivity index (χ2v) is 7.56. The standard InChI is InChI=1S/C17H27N3O3/c1-17(2,3)10-8-13(16(22)23)19-15(21)14-9-11-18-20(14)12-6-4-5-7-12/h9,11-13H,4-8,10H2,1-3H3,(H,19,21)(H,22,23). The van der Waals surface area contributed by atoms with Crippen LogP contribution in [-0.2, 0) is 4.79 Å². The molecule has 6 nitrogen and oxygen atoms in total. The van der Waals surface area contributed by atoms with Gasteiger partial charge in [0.1, 0.15) is 11.7 Å². The lowest BCUT2D eigenvalue weighted by molar-refractivity contribution is -0.139. The third-order valence-electron chi connectivity index (χ3n) is 4.36. The van der Waals surface area contributed by atoms with Crippen molar-refractivity contribution in [1.82, 2.24) is 15.1 Å². The van der Waals surface area contributed by atoms with Crippen molar-refractivity contribution in [2.75, 3.05) is 0 Å². The summed E-state index contributed by atoms with van der Waals surface area (Å²) >= 11 is 0. The lowest BCUT2D eigenvalue weighted by Crippen LogP contribution is -2.42. The highest BCUT2D eigenvalue weighted by Gasteiger charge is 2.27. The Bertz CT molecular complexity index is 554. The summed E-state index contributed by atoms with van der Waals surface area (Å²) in [6.07, 6.45) is 7.10. The molecule has 1 fully saturated rings. The third kappa shape index (κ3) is 4.81. The predicted octanol–water partition coefficient (Wildman–Crippen LogP) is 3.01. The van der Waals surface area contributed by atoms with E-state index in [1.54, 1.807) is 16.9 Å². The van der Waals surface area contributed by atoms with E-state index < -0.39 is 12.0 Å². The minimum Gasteiger partial charge on any atom is -0.480 e. The molecule has 1 aliphatic carbocycles. The van der Waals surface area contributed by atoms with Gasteiger partial charge in [-0.05, 0) is 37.2 Å². The molecule has 1 atom stereocenters. The van der Waals surface area contributed by atoms with Crippen LogP contribution in [0.5, 0.6) is 0 Å². The molecule has 0 saturated heterocycles. The van der Waals surface area contributed by atoms with Gasteiger partial charge in [-0.1, -0.05) is 33.6 Å². The van der Waals surface area contributed by atoms with Crippen molar-refractivity contribution in [2.45, 2.75) is 71.4 Å². The van der Waals surface area contributed by atoms with Crippen LogP contribution in [0.3, 0.4) is 0 Å². The van der Waals surface area contributed by atoms with Gasteiger partial charge in [-0.25, -0.2) is 4.79 Å². The van der Waals surface area contributed by atoms with E-state index in [-0.39, 0.29) is 17.4 Å². The van der Waals surface area contributed by atoms with Gasteiger partial charge in [-0.2, -0.15) is 5.10 Å². The number of hydrogen-bond donors (Lipinski definition) is 2. The summed E-state index contributed by atoms with van der Waals surface area (Å²) in [6.45, 7) is 6.18. The minimum atomic E-state index is -0.991. The molecule has 0 spiro atoms. The summed E-state index contributed by atoms with van der Waals surface area (Å²) in [6, 6.07) is 1.05. The van der Waals surface area contributed by atoms with E-state index in [4.69, 9.17) is 0 Å². The Kier molecular flexibility index (Phi) is 5.44. The number of aliphatic carboxylic acids is 1. The van der Waals surface area contributed by atoms with Gasteiger partial charge >= 0.3 is 5.97 Å². The highest BCUT2D eigenvalue weighted by molar-refractivity contribution is 5.95. The molecule has 1 heterocycles. The molecule has 23 heavy (non-hydrogen) atoms. The Morgan fingerprint density at radius 3 is 2.61 bits per heavy atom. The Balaban J connectivity index is 2.04. The monoisotopic (exact) mass is 321 g/mol. The van der Waals surface area contributed by atoms with Gasteiger partial charge in [0.05, 0.1) is 6.04 Å². The van der Waals surface area contributed by atoms with Crippen molar-refractivity contribution in [2.24, 2.45) is 5.41 Å². The fourth-order valence-electron chi connectivity index (χ4n) is 3.00. The second-order valence-electron chi connectivity index (χ2n) is 7.56. The molecule has 0 bridgehead atoms. The minimum absolute atomic E-state index is 0.0318. The molecular formula is C17H27N3O3. The molecule has 0 radical (unpaired) electrons. The average molecular weight is 321 g/mol. The average Bonchev–Trinajstić information content (AvgIpc) is 3.10. The molecule has 6 heteroatoms. The van der Waals surface area contributed by atoms with Crippen molar-refractivity contribution >= 4 is 11.9 Å². The van der Waals surface area contributed by atoms with Crippen LogP contribution in [0.25, 0.3) is 0 Å². The van der Waals surface area contributed by atoms with Crippen molar-refractivity contribution in [3.8, 4) is 0 Å². The number of carboxylic acid groups (broad SMARTS) is 1. The van der Waals surface area contributed by atoms with Crippen LogP contribution in [0, 0.1) is 5.41 Å². The van der Waals surface area contributed by atoms with E-state index in [9.17, 15) is 14.7 Å². The Morgan fingerprint density at radius 1 is 1.39 bits per heavy atom. The van der Waals surface area contributed by atoms with E-state index in [1.165, 1.54) is 0 Å². The van der Waals surface area contributed by atoms with Gasteiger partial charge in [-0.3, -0.25) is 9.48 Å². The van der Waals surface area contributed by atoms with Gasteiger partial charge in [0.15, 0.2) is 0 Å². The molecule has 1 aromatic rings. The zero-order valence-corrected chi connectivity index (χ0v) is 14.2. The second kappa shape index (κ2) is 7.15. The summed E-state index contributed by atoms with van der Waals surface area (Å²) in [4.78, 5) is 23.9. The van der Waals surface area contributed by atoms with E-state index in [1.807, 2.05) is 0 Å².